The Balaban J connectivity index is 1.61. The lowest BCUT2D eigenvalue weighted by atomic mass is 10.1. The third kappa shape index (κ3) is 3.60. The summed E-state index contributed by atoms with van der Waals surface area (Å²) in [5.41, 5.74) is 1.64. The van der Waals surface area contributed by atoms with Crippen LogP contribution in [-0.4, -0.2) is 56.2 Å². The molecule has 1 fully saturated rings. The first-order chi connectivity index (χ1) is 13.6. The Morgan fingerprint density at radius 2 is 1.71 bits per heavy atom. The molecular weight excluding hydrogens is 376 g/mol. The number of nitrogens with one attached hydrogen (secondary N) is 1. The number of nitrogens with zero attached hydrogens (tertiary/aromatic N) is 3. The highest BCUT2D eigenvalue weighted by atomic mass is 32.2. The maximum absolute atomic E-state index is 12.3. The minimum atomic E-state index is -3.57. The molecule has 0 aliphatic carbocycles. The van der Waals surface area contributed by atoms with Gasteiger partial charge in [0.1, 0.15) is 17.3 Å². The second-order valence-electron chi connectivity index (χ2n) is 6.42. The minimum Gasteiger partial charge on any atom is -0.454 e. The summed E-state index contributed by atoms with van der Waals surface area (Å²) in [4.78, 5) is 6.94. The average Bonchev–Trinajstić information content (AvgIpc) is 2.89. The van der Waals surface area contributed by atoms with Crippen LogP contribution >= 0.6 is 0 Å². The van der Waals surface area contributed by atoms with Crippen LogP contribution in [0.1, 0.15) is 5.56 Å². The molecule has 0 bridgehead atoms. The van der Waals surface area contributed by atoms with Gasteiger partial charge in [0.2, 0.25) is 0 Å². The van der Waals surface area contributed by atoms with Crippen LogP contribution in [0.2, 0.25) is 0 Å². The van der Waals surface area contributed by atoms with E-state index in [0.717, 1.165) is 22.8 Å². The summed E-state index contributed by atoms with van der Waals surface area (Å²) in [7, 11) is -3.57. The molecule has 0 unspecified atom stereocenters. The van der Waals surface area contributed by atoms with E-state index in [0.29, 0.717) is 31.9 Å². The highest BCUT2D eigenvalue weighted by Gasteiger charge is 2.30. The summed E-state index contributed by atoms with van der Waals surface area (Å²) < 4.78 is 34.5. The first-order valence-electron chi connectivity index (χ1n) is 8.96. The number of ether oxygens (including phenoxy) is 1. The van der Waals surface area contributed by atoms with Gasteiger partial charge in [0, 0.05) is 26.2 Å². The van der Waals surface area contributed by atoms with Gasteiger partial charge in [-0.3, -0.25) is 0 Å². The summed E-state index contributed by atoms with van der Waals surface area (Å²) in [5.74, 6) is 4.51. The molecule has 2 aliphatic rings. The largest absolute Gasteiger partial charge is 0.454 e. The fourth-order valence-electron chi connectivity index (χ4n) is 3.27. The maximum atomic E-state index is 12.3. The number of rotatable bonds is 3. The molecule has 4 rings (SSSR count). The highest BCUT2D eigenvalue weighted by molar-refractivity contribution is 7.87. The molecule has 144 valence electrons. The number of amidine groups is 1. The van der Waals surface area contributed by atoms with E-state index in [4.69, 9.17) is 16.2 Å². The molecule has 7 nitrogen and oxygen atoms in total. The van der Waals surface area contributed by atoms with Crippen molar-refractivity contribution in [3.8, 4) is 23.8 Å². The van der Waals surface area contributed by atoms with Crippen molar-refractivity contribution in [1.29, 1.82) is 0 Å². The van der Waals surface area contributed by atoms with Gasteiger partial charge in [0.15, 0.2) is 5.75 Å². The molecule has 8 heteroatoms. The second-order valence-corrected chi connectivity index (χ2v) is 8.17. The lowest BCUT2D eigenvalue weighted by Crippen LogP contribution is -2.53. The smallest absolute Gasteiger partial charge is 0.280 e. The Bertz CT molecular complexity index is 1050. The van der Waals surface area contributed by atoms with Crippen molar-refractivity contribution in [3.05, 3.63) is 54.1 Å². The summed E-state index contributed by atoms with van der Waals surface area (Å²) in [6.45, 7) is 1.72. The zero-order valence-corrected chi connectivity index (χ0v) is 16.0. The van der Waals surface area contributed by atoms with Crippen molar-refractivity contribution in [2.45, 2.75) is 0 Å². The Hall–Kier alpha value is -2.86. The first kappa shape index (κ1) is 18.5. The van der Waals surface area contributed by atoms with Crippen molar-refractivity contribution in [2.24, 2.45) is 4.99 Å². The van der Waals surface area contributed by atoms with Gasteiger partial charge in [0.05, 0.1) is 12.1 Å². The fourth-order valence-corrected chi connectivity index (χ4v) is 4.37. The molecule has 0 radical (unpaired) electrons. The summed E-state index contributed by atoms with van der Waals surface area (Å²) in [5, 5.41) is 0. The lowest BCUT2D eigenvalue weighted by molar-refractivity contribution is 0.264. The molecular formula is C20H20N4O3S. The number of benzene rings is 2. The van der Waals surface area contributed by atoms with Gasteiger partial charge in [0.25, 0.3) is 10.2 Å². The van der Waals surface area contributed by atoms with Crippen LogP contribution in [0.4, 0.5) is 5.69 Å². The van der Waals surface area contributed by atoms with Gasteiger partial charge in [-0.25, -0.2) is 4.99 Å². The SMILES string of the molecule is C#CCNS(=O)(=O)N1CCN(C2=Nc3ccccc3Oc3ccccc32)CC1. The molecule has 0 amide bonds. The number of hydrogen-bond acceptors (Lipinski definition) is 5. The van der Waals surface area contributed by atoms with Crippen LogP contribution < -0.4 is 9.46 Å². The van der Waals surface area contributed by atoms with Crippen LogP contribution in [-0.2, 0) is 10.2 Å². The third-order valence-electron chi connectivity index (χ3n) is 4.67. The first-order valence-corrected chi connectivity index (χ1v) is 10.4. The Kier molecular flexibility index (Phi) is 5.05. The summed E-state index contributed by atoms with van der Waals surface area (Å²) in [6.07, 6.45) is 5.15. The van der Waals surface area contributed by atoms with Crippen molar-refractivity contribution in [3.63, 3.8) is 0 Å². The van der Waals surface area contributed by atoms with Crippen LogP contribution in [0.25, 0.3) is 0 Å². The predicted octanol–water partition coefficient (Wildman–Crippen LogP) is 1.96. The Labute approximate surface area is 164 Å². The van der Waals surface area contributed by atoms with Crippen LogP contribution in [0.15, 0.2) is 53.5 Å². The normalized spacial score (nSPS) is 16.8. The molecule has 1 saturated heterocycles. The van der Waals surface area contributed by atoms with Crippen molar-refractivity contribution in [1.82, 2.24) is 13.9 Å². The van der Waals surface area contributed by atoms with Gasteiger partial charge in [-0.1, -0.05) is 30.2 Å². The predicted molar refractivity (Wildman–Crippen MR) is 108 cm³/mol. The summed E-state index contributed by atoms with van der Waals surface area (Å²) in [6, 6.07) is 15.4. The molecule has 1 N–H and O–H groups in total. The van der Waals surface area contributed by atoms with E-state index in [1.165, 1.54) is 4.31 Å². The Morgan fingerprint density at radius 1 is 1.04 bits per heavy atom. The van der Waals surface area contributed by atoms with E-state index in [1.54, 1.807) is 0 Å². The average molecular weight is 396 g/mol. The Morgan fingerprint density at radius 3 is 2.46 bits per heavy atom. The van der Waals surface area contributed by atoms with Gasteiger partial charge in [-0.15, -0.1) is 6.42 Å². The number of fused-ring (bicyclic) bond motifs is 2. The second kappa shape index (κ2) is 7.64. The van der Waals surface area contributed by atoms with E-state index in [9.17, 15) is 8.42 Å². The number of terminal acetylenes is 1. The number of hydrogen-bond donors (Lipinski definition) is 1. The monoisotopic (exact) mass is 396 g/mol. The van der Waals surface area contributed by atoms with Crippen LogP contribution in [0.3, 0.4) is 0 Å². The number of aliphatic imine (C=N–C) groups is 1. The van der Waals surface area contributed by atoms with Crippen molar-refractivity contribution < 1.29 is 13.2 Å². The van der Waals surface area contributed by atoms with E-state index < -0.39 is 10.2 Å². The standard InChI is InChI=1S/C20H20N4O3S/c1-2-11-21-28(25,26)24-14-12-23(13-15-24)20-16-7-3-5-9-18(16)27-19-10-6-4-8-17(19)22-20/h1,3-10,21H,11-15H2. The number of para-hydroxylation sites is 3. The molecule has 2 aliphatic heterocycles. The topological polar surface area (TPSA) is 74.2 Å². The zero-order chi connectivity index (χ0) is 19.6. The molecule has 0 aromatic heterocycles. The number of piperazine rings is 1. The van der Waals surface area contributed by atoms with Crippen LogP contribution in [0.5, 0.6) is 11.5 Å². The molecule has 0 atom stereocenters. The van der Waals surface area contributed by atoms with E-state index in [2.05, 4.69) is 15.5 Å². The van der Waals surface area contributed by atoms with E-state index in [-0.39, 0.29) is 6.54 Å². The maximum Gasteiger partial charge on any atom is 0.280 e. The summed E-state index contributed by atoms with van der Waals surface area (Å²) >= 11 is 0. The lowest BCUT2D eigenvalue weighted by Gasteiger charge is -2.35. The van der Waals surface area contributed by atoms with Crippen molar-refractivity contribution >= 4 is 21.7 Å². The molecule has 2 aromatic carbocycles. The van der Waals surface area contributed by atoms with E-state index >= 15 is 0 Å². The third-order valence-corrected chi connectivity index (χ3v) is 6.23. The molecule has 2 aromatic rings. The van der Waals surface area contributed by atoms with Gasteiger partial charge in [-0.05, 0) is 24.3 Å². The zero-order valence-electron chi connectivity index (χ0n) is 15.2. The van der Waals surface area contributed by atoms with Gasteiger partial charge in [-0.2, -0.15) is 17.4 Å². The molecule has 28 heavy (non-hydrogen) atoms. The molecule has 0 spiro atoms. The fraction of sp³-hybridized carbons (Fsp3) is 0.250. The molecule has 0 saturated carbocycles. The van der Waals surface area contributed by atoms with Gasteiger partial charge < -0.3 is 9.64 Å². The molecule has 2 heterocycles. The minimum absolute atomic E-state index is 0.0171. The van der Waals surface area contributed by atoms with Gasteiger partial charge >= 0.3 is 0 Å². The van der Waals surface area contributed by atoms with Crippen LogP contribution in [0, 0.1) is 12.3 Å². The quantitative estimate of drug-likeness (QED) is 0.805. The highest BCUT2D eigenvalue weighted by Crippen LogP contribution is 2.37. The van der Waals surface area contributed by atoms with E-state index in [1.807, 2.05) is 48.5 Å². The van der Waals surface area contributed by atoms with Crippen molar-refractivity contribution in [2.75, 3.05) is 32.7 Å².